The van der Waals surface area contributed by atoms with Crippen LogP contribution in [0.25, 0.3) is 0 Å². The van der Waals surface area contributed by atoms with Gasteiger partial charge in [-0.05, 0) is 47.0 Å². The SMILES string of the molecule is CCC(CCC(C)OC)(C(=O)OC(C)(C)C)C(F)(F)F. The quantitative estimate of drug-likeness (QED) is 0.692. The number of esters is 1. The molecule has 0 aliphatic carbocycles. The smallest absolute Gasteiger partial charge is 0.404 e. The minimum absolute atomic E-state index is 0.142. The molecule has 6 heteroatoms. The Hall–Kier alpha value is -0.780. The van der Waals surface area contributed by atoms with Crippen molar-refractivity contribution in [2.75, 3.05) is 7.11 Å². The highest BCUT2D eigenvalue weighted by Gasteiger charge is 2.60. The van der Waals surface area contributed by atoms with Crippen LogP contribution in [-0.2, 0) is 14.3 Å². The molecule has 0 aliphatic heterocycles. The number of ether oxygens (including phenoxy) is 2. The zero-order chi connectivity index (χ0) is 16.2. The predicted molar refractivity (Wildman–Crippen MR) is 70.3 cm³/mol. The lowest BCUT2D eigenvalue weighted by atomic mass is 9.79. The number of halogens is 3. The fourth-order valence-electron chi connectivity index (χ4n) is 1.82. The molecule has 0 aromatic rings. The van der Waals surface area contributed by atoms with Crippen molar-refractivity contribution in [1.29, 1.82) is 0 Å². The standard InChI is InChI=1S/C14H25F3O3/c1-7-13(14(15,16)17,9-8-10(2)19-6)11(18)20-12(3,4)5/h10H,7-9H2,1-6H3. The van der Waals surface area contributed by atoms with Crippen LogP contribution in [0.2, 0.25) is 0 Å². The van der Waals surface area contributed by atoms with Crippen molar-refractivity contribution in [1.82, 2.24) is 0 Å². The Morgan fingerprint density at radius 1 is 1.20 bits per heavy atom. The van der Waals surface area contributed by atoms with Crippen LogP contribution in [0.3, 0.4) is 0 Å². The molecule has 3 nitrogen and oxygen atoms in total. The first-order chi connectivity index (χ1) is 8.89. The summed E-state index contributed by atoms with van der Waals surface area (Å²) < 4.78 is 50.2. The van der Waals surface area contributed by atoms with Gasteiger partial charge in [0.1, 0.15) is 5.60 Å². The maximum atomic E-state index is 13.4. The summed E-state index contributed by atoms with van der Waals surface area (Å²) in [5.74, 6) is -1.21. The van der Waals surface area contributed by atoms with Crippen LogP contribution in [0.4, 0.5) is 13.2 Å². The molecule has 0 aliphatic rings. The number of hydrogen-bond donors (Lipinski definition) is 0. The number of methoxy groups -OCH3 is 1. The van der Waals surface area contributed by atoms with E-state index in [4.69, 9.17) is 9.47 Å². The van der Waals surface area contributed by atoms with Crippen molar-refractivity contribution in [2.24, 2.45) is 5.41 Å². The van der Waals surface area contributed by atoms with Gasteiger partial charge >= 0.3 is 12.1 Å². The van der Waals surface area contributed by atoms with E-state index >= 15 is 0 Å². The van der Waals surface area contributed by atoms with Crippen LogP contribution in [0.15, 0.2) is 0 Å². The van der Waals surface area contributed by atoms with E-state index in [1.165, 1.54) is 14.0 Å². The van der Waals surface area contributed by atoms with E-state index in [9.17, 15) is 18.0 Å². The van der Waals surface area contributed by atoms with Gasteiger partial charge in [-0.1, -0.05) is 6.92 Å². The Morgan fingerprint density at radius 3 is 2.00 bits per heavy atom. The normalized spacial score (nSPS) is 17.4. The molecular formula is C14H25F3O3. The molecule has 0 heterocycles. The minimum Gasteiger partial charge on any atom is -0.459 e. The van der Waals surface area contributed by atoms with Crippen molar-refractivity contribution in [3.8, 4) is 0 Å². The van der Waals surface area contributed by atoms with Gasteiger partial charge in [0.25, 0.3) is 0 Å². The largest absolute Gasteiger partial charge is 0.459 e. The van der Waals surface area contributed by atoms with Gasteiger partial charge in [-0.3, -0.25) is 4.79 Å². The third-order valence-electron chi connectivity index (χ3n) is 3.32. The van der Waals surface area contributed by atoms with Crippen molar-refractivity contribution < 1.29 is 27.4 Å². The predicted octanol–water partition coefficient (Wildman–Crippen LogP) is 4.10. The van der Waals surface area contributed by atoms with E-state index in [-0.39, 0.29) is 25.4 Å². The number of alkyl halides is 3. The van der Waals surface area contributed by atoms with E-state index < -0.39 is 23.2 Å². The Balaban J connectivity index is 5.29. The molecule has 0 N–H and O–H groups in total. The molecule has 0 amide bonds. The first-order valence-electron chi connectivity index (χ1n) is 6.72. The first kappa shape index (κ1) is 19.2. The summed E-state index contributed by atoms with van der Waals surface area (Å²) in [6.45, 7) is 7.69. The minimum atomic E-state index is -4.64. The molecule has 2 atom stereocenters. The molecule has 0 saturated carbocycles. The molecule has 0 fully saturated rings. The van der Waals surface area contributed by atoms with Gasteiger partial charge in [0.2, 0.25) is 0 Å². The van der Waals surface area contributed by atoms with Gasteiger partial charge in [0.05, 0.1) is 6.10 Å². The van der Waals surface area contributed by atoms with Crippen molar-refractivity contribution in [2.45, 2.75) is 71.8 Å². The van der Waals surface area contributed by atoms with E-state index in [0.29, 0.717) is 0 Å². The van der Waals surface area contributed by atoms with Crippen LogP contribution >= 0.6 is 0 Å². The third-order valence-corrected chi connectivity index (χ3v) is 3.32. The zero-order valence-electron chi connectivity index (χ0n) is 13.1. The van der Waals surface area contributed by atoms with Crippen LogP contribution in [-0.4, -0.2) is 31.0 Å². The van der Waals surface area contributed by atoms with Crippen LogP contribution in [0.5, 0.6) is 0 Å². The van der Waals surface area contributed by atoms with E-state index in [0.717, 1.165) is 0 Å². The lowest BCUT2D eigenvalue weighted by molar-refractivity contribution is -0.244. The van der Waals surface area contributed by atoms with Crippen molar-refractivity contribution in [3.05, 3.63) is 0 Å². The molecule has 0 aromatic heterocycles. The van der Waals surface area contributed by atoms with Crippen molar-refractivity contribution in [3.63, 3.8) is 0 Å². The third kappa shape index (κ3) is 4.96. The van der Waals surface area contributed by atoms with Gasteiger partial charge in [-0.15, -0.1) is 0 Å². The molecule has 2 unspecified atom stereocenters. The Kier molecular flexibility index (Phi) is 6.52. The van der Waals surface area contributed by atoms with Crippen LogP contribution < -0.4 is 0 Å². The van der Waals surface area contributed by atoms with Gasteiger partial charge in [0.15, 0.2) is 5.41 Å². The summed E-state index contributed by atoms with van der Waals surface area (Å²) in [6.07, 6.45) is -5.52. The van der Waals surface area contributed by atoms with Gasteiger partial charge in [-0.25, -0.2) is 0 Å². The van der Waals surface area contributed by atoms with Gasteiger partial charge < -0.3 is 9.47 Å². The second-order valence-corrected chi connectivity index (χ2v) is 6.02. The molecule has 20 heavy (non-hydrogen) atoms. The molecule has 0 spiro atoms. The monoisotopic (exact) mass is 298 g/mol. The molecule has 120 valence electrons. The summed E-state index contributed by atoms with van der Waals surface area (Å²) in [5, 5.41) is 0. The summed E-state index contributed by atoms with van der Waals surface area (Å²) in [5.41, 5.74) is -3.41. The van der Waals surface area contributed by atoms with Crippen LogP contribution in [0.1, 0.15) is 53.9 Å². The average molecular weight is 298 g/mol. The van der Waals surface area contributed by atoms with E-state index in [1.54, 1.807) is 27.7 Å². The lowest BCUT2D eigenvalue weighted by Gasteiger charge is -2.35. The summed E-state index contributed by atoms with van der Waals surface area (Å²) in [6, 6.07) is 0. The average Bonchev–Trinajstić information content (AvgIpc) is 2.25. The second-order valence-electron chi connectivity index (χ2n) is 6.02. The topological polar surface area (TPSA) is 35.5 Å². The number of rotatable bonds is 6. The number of hydrogen-bond acceptors (Lipinski definition) is 3. The second kappa shape index (κ2) is 6.78. The molecule has 0 rings (SSSR count). The number of carbonyl (C=O) groups excluding carboxylic acids is 1. The van der Waals surface area contributed by atoms with Crippen LogP contribution in [0, 0.1) is 5.41 Å². The van der Waals surface area contributed by atoms with Gasteiger partial charge in [-0.2, -0.15) is 13.2 Å². The maximum Gasteiger partial charge on any atom is 0.404 e. The highest BCUT2D eigenvalue weighted by molar-refractivity contribution is 5.78. The molecule has 0 radical (unpaired) electrons. The van der Waals surface area contributed by atoms with Gasteiger partial charge in [0, 0.05) is 7.11 Å². The Labute approximate surface area is 118 Å². The number of carbonyl (C=O) groups is 1. The molecular weight excluding hydrogens is 273 g/mol. The Morgan fingerprint density at radius 2 is 1.70 bits per heavy atom. The highest BCUT2D eigenvalue weighted by atomic mass is 19.4. The molecule has 0 saturated heterocycles. The van der Waals surface area contributed by atoms with Crippen molar-refractivity contribution >= 4 is 5.97 Å². The summed E-state index contributed by atoms with van der Waals surface area (Å²) in [4.78, 5) is 12.1. The fraction of sp³-hybridized carbons (Fsp3) is 0.929. The van der Waals surface area contributed by atoms with E-state index in [1.807, 2.05) is 0 Å². The summed E-state index contributed by atoms with van der Waals surface area (Å²) in [7, 11) is 1.43. The first-order valence-corrected chi connectivity index (χ1v) is 6.72. The maximum absolute atomic E-state index is 13.4. The summed E-state index contributed by atoms with van der Waals surface area (Å²) >= 11 is 0. The fourth-order valence-corrected chi connectivity index (χ4v) is 1.82. The highest BCUT2D eigenvalue weighted by Crippen LogP contribution is 2.46. The molecule has 0 aromatic carbocycles. The Bertz CT molecular complexity index is 321. The van der Waals surface area contributed by atoms with E-state index in [2.05, 4.69) is 0 Å². The lowest BCUT2D eigenvalue weighted by Crippen LogP contribution is -2.48. The zero-order valence-corrected chi connectivity index (χ0v) is 13.1. The molecule has 0 bridgehead atoms.